The molecule has 2 aromatic heterocycles. The van der Waals surface area contributed by atoms with Crippen molar-refractivity contribution < 1.29 is 81.6 Å². The Balaban J connectivity index is 0.766. The quantitative estimate of drug-likeness (QED) is 0.0146. The maximum Gasteiger partial charge on any atom is 0.343 e. The molecule has 4 aliphatic rings. The zero-order valence-electron chi connectivity index (χ0n) is 48.1. The van der Waals surface area contributed by atoms with Crippen LogP contribution < -0.4 is 48.1 Å². The summed E-state index contributed by atoms with van der Waals surface area (Å²) in [6.07, 6.45) is 1.76. The van der Waals surface area contributed by atoms with Crippen LogP contribution in [-0.4, -0.2) is 160 Å². The molecule has 0 fully saturated rings. The number of carbonyl (C=O) groups is 12. The summed E-state index contributed by atoms with van der Waals surface area (Å²) in [5.41, 5.74) is 1.83. The number of carboxylic acid groups (broad SMARTS) is 1. The third-order valence-corrected chi connectivity index (χ3v) is 15.4. The fourth-order valence-corrected chi connectivity index (χ4v) is 10.8. The van der Waals surface area contributed by atoms with Crippen LogP contribution in [0.4, 0.5) is 4.39 Å². The van der Waals surface area contributed by atoms with Gasteiger partial charge >= 0.3 is 11.9 Å². The largest absolute Gasteiger partial charge is 0.481 e. The maximum atomic E-state index is 15.4. The molecule has 5 heterocycles. The van der Waals surface area contributed by atoms with E-state index in [1.807, 2.05) is 0 Å². The van der Waals surface area contributed by atoms with Crippen molar-refractivity contribution in [2.45, 2.75) is 109 Å². The van der Waals surface area contributed by atoms with Crippen LogP contribution in [0.15, 0.2) is 59.4 Å². The van der Waals surface area contributed by atoms with Gasteiger partial charge in [-0.15, -0.1) is 0 Å². The fourth-order valence-electron chi connectivity index (χ4n) is 10.8. The van der Waals surface area contributed by atoms with E-state index in [-0.39, 0.29) is 102 Å². The Labute approximate surface area is 501 Å². The van der Waals surface area contributed by atoms with Gasteiger partial charge in [-0.3, -0.25) is 62.4 Å². The van der Waals surface area contributed by atoms with Gasteiger partial charge in [-0.2, -0.15) is 0 Å². The van der Waals surface area contributed by atoms with Gasteiger partial charge in [0.05, 0.1) is 74.3 Å². The number of aromatic nitrogens is 2. The second kappa shape index (κ2) is 28.6. The minimum absolute atomic E-state index is 0.0279. The lowest BCUT2D eigenvalue weighted by atomic mass is 9.81. The summed E-state index contributed by atoms with van der Waals surface area (Å²) in [6.45, 7) is 0.808. The normalized spacial score (nSPS) is 16.7. The Morgan fingerprint density at radius 1 is 0.773 bits per heavy atom. The molecular weight excluding hydrogens is 1150 g/mol. The van der Waals surface area contributed by atoms with E-state index < -0.39 is 126 Å². The molecule has 3 aliphatic heterocycles. The lowest BCUT2D eigenvalue weighted by Crippen LogP contribution is -2.53. The topological polar surface area (TPSA) is 398 Å². The highest BCUT2D eigenvalue weighted by Gasteiger charge is 2.46. The van der Waals surface area contributed by atoms with Crippen molar-refractivity contribution in [3.63, 3.8) is 0 Å². The number of pyridine rings is 2. The van der Waals surface area contributed by atoms with Gasteiger partial charge in [0.2, 0.25) is 47.3 Å². The fraction of sp³-hybridized carbons (Fsp3) is 0.424. The number of halogens is 1. The van der Waals surface area contributed by atoms with E-state index >= 15 is 4.39 Å². The second-order valence-electron chi connectivity index (χ2n) is 21.3. The average Bonchev–Trinajstić information content (AvgIpc) is 1.45. The summed E-state index contributed by atoms with van der Waals surface area (Å²) >= 11 is 0. The van der Waals surface area contributed by atoms with E-state index in [0.29, 0.717) is 57.4 Å². The Morgan fingerprint density at radius 2 is 1.44 bits per heavy atom. The molecule has 0 unspecified atom stereocenters. The Hall–Kier alpha value is -9.77. The summed E-state index contributed by atoms with van der Waals surface area (Å²) in [7, 11) is 0. The number of amides is 10. The molecule has 28 nitrogen and oxygen atoms in total. The predicted octanol–water partition coefficient (Wildman–Crippen LogP) is -1.60. The number of carbonyl (C=O) groups excluding carboxylic acids is 11. The first kappa shape index (κ1) is 64.2. The number of ether oxygens (including phenoxy) is 2. The van der Waals surface area contributed by atoms with Gasteiger partial charge in [-0.05, 0) is 60.9 Å². The molecule has 8 rings (SSSR count). The Kier molecular flexibility index (Phi) is 20.9. The number of nitrogens with zero attached hydrogens (tertiary/aromatic N) is 3. The number of hydrogen-bond acceptors (Lipinski definition) is 17. The van der Waals surface area contributed by atoms with Crippen LogP contribution in [0.1, 0.15) is 96.9 Å². The molecule has 88 heavy (non-hydrogen) atoms. The molecule has 4 aromatic rings. The average molecular weight is 1220 g/mol. The highest BCUT2D eigenvalue weighted by Crippen LogP contribution is 2.46. The van der Waals surface area contributed by atoms with Crippen molar-refractivity contribution in [3.8, 4) is 11.4 Å². The van der Waals surface area contributed by atoms with Gasteiger partial charge in [0, 0.05) is 80.0 Å². The third kappa shape index (κ3) is 15.2. The monoisotopic (exact) mass is 1220 g/mol. The van der Waals surface area contributed by atoms with Gasteiger partial charge in [0.15, 0.2) is 5.60 Å². The molecular formula is C59H66FN11O17. The molecule has 4 atom stereocenters. The van der Waals surface area contributed by atoms with Gasteiger partial charge < -0.3 is 66.8 Å². The van der Waals surface area contributed by atoms with E-state index in [2.05, 4.69) is 42.5 Å². The Bertz CT molecular complexity index is 3570. The number of benzene rings is 2. The van der Waals surface area contributed by atoms with Crippen LogP contribution in [0.25, 0.3) is 22.3 Å². The highest BCUT2D eigenvalue weighted by atomic mass is 19.1. The van der Waals surface area contributed by atoms with Gasteiger partial charge in [0.25, 0.3) is 17.4 Å². The maximum absolute atomic E-state index is 15.4. The molecule has 0 bridgehead atoms. The molecule has 0 spiro atoms. The number of fused-ring (bicyclic) bond motifs is 5. The Morgan fingerprint density at radius 3 is 2.15 bits per heavy atom. The van der Waals surface area contributed by atoms with Crippen LogP contribution in [-0.2, 0) is 98.6 Å². The number of esters is 1. The van der Waals surface area contributed by atoms with Crippen molar-refractivity contribution in [1.82, 2.24) is 57.0 Å². The van der Waals surface area contributed by atoms with E-state index in [1.165, 1.54) is 10.6 Å². The molecule has 0 radical (unpaired) electrons. The van der Waals surface area contributed by atoms with Crippen molar-refractivity contribution >= 4 is 81.9 Å². The zero-order valence-corrected chi connectivity index (χ0v) is 48.1. The van der Waals surface area contributed by atoms with Crippen LogP contribution in [0.3, 0.4) is 0 Å². The molecule has 2 aromatic carbocycles. The summed E-state index contributed by atoms with van der Waals surface area (Å²) in [6, 6.07) is 8.01. The predicted molar refractivity (Wildman–Crippen MR) is 305 cm³/mol. The molecule has 466 valence electrons. The van der Waals surface area contributed by atoms with Crippen LogP contribution in [0.2, 0.25) is 0 Å². The lowest BCUT2D eigenvalue weighted by molar-refractivity contribution is -0.172. The first-order chi connectivity index (χ1) is 42.1. The van der Waals surface area contributed by atoms with E-state index in [1.54, 1.807) is 50.2 Å². The van der Waals surface area contributed by atoms with Gasteiger partial charge in [-0.25, -0.2) is 14.2 Å². The lowest BCUT2D eigenvalue weighted by Gasteiger charge is -2.31. The van der Waals surface area contributed by atoms with Crippen molar-refractivity contribution in [3.05, 3.63) is 110 Å². The summed E-state index contributed by atoms with van der Waals surface area (Å²) < 4.78 is 27.4. The number of imide groups is 1. The van der Waals surface area contributed by atoms with E-state index in [9.17, 15) is 72.5 Å². The number of rotatable bonds is 29. The van der Waals surface area contributed by atoms with Crippen molar-refractivity contribution in [2.75, 3.05) is 52.5 Å². The standard InChI is InChI=1S/C59H66FN11O17/c1-3-59(86)36-23-42-54-34(29-71(42)57(84)35(36)30-88-58(59)85)53-38(12-11-33-31(2)37(60)24-39(69-54)52(33)53)66-44(73)10-7-17-61-46(75)26-64-55(82)40(22-32-8-5-4-6-9-32)68-48(77)28-63-47(76)27-65-56(83)41(25-51(80)81)67-45(74)16-20-87-21-18-62-43(72)15-19-70-49(78)13-14-50(70)79/h4-6,8-9,13-14,23-24,38,40-41,86H,3,7,10-12,15-22,25-30H2,1-2H3,(H,61,75)(H,62,72)(H,63,76)(H,64,82)(H,65,83)(H,66,73)(H,67,74)(H,68,77)(H,80,81)/t38-,40-,41-,59-/m0/s1. The number of carboxylic acids is 1. The SMILES string of the molecule is CC[C@@]1(O)C(=O)OCc2c1cc1n(c2=O)Cc2c-1nc1cc(F)c(C)c3c1c2[C@@H](NC(=O)CCCNC(=O)CNC(=O)[C@H](Cc1ccccc1)NC(=O)CNC(=O)CNC(=O)[C@H](CC(=O)O)NC(=O)CCOCCNC(=O)CCN1C(=O)C=CC1=O)CC3. The van der Waals surface area contributed by atoms with E-state index in [4.69, 9.17) is 14.5 Å². The van der Waals surface area contributed by atoms with Crippen molar-refractivity contribution in [2.24, 2.45) is 0 Å². The van der Waals surface area contributed by atoms with Crippen LogP contribution in [0, 0.1) is 12.7 Å². The van der Waals surface area contributed by atoms with E-state index in [0.717, 1.165) is 22.6 Å². The first-order valence-electron chi connectivity index (χ1n) is 28.5. The number of aliphatic hydroxyl groups is 1. The minimum atomic E-state index is -2.06. The number of cyclic esters (lactones) is 1. The molecule has 10 N–H and O–H groups in total. The first-order valence-corrected chi connectivity index (χ1v) is 28.5. The summed E-state index contributed by atoms with van der Waals surface area (Å²) in [5.74, 6) is -9.53. The number of hydrogen-bond donors (Lipinski definition) is 10. The molecule has 10 amide bonds. The number of nitrogens with one attached hydrogen (secondary N) is 8. The smallest absolute Gasteiger partial charge is 0.343 e. The summed E-state index contributed by atoms with van der Waals surface area (Å²) in [4.78, 5) is 171. The van der Waals surface area contributed by atoms with Crippen LogP contribution in [0.5, 0.6) is 0 Å². The molecule has 1 aliphatic carbocycles. The second-order valence-corrected chi connectivity index (χ2v) is 21.3. The molecule has 29 heteroatoms. The zero-order chi connectivity index (χ0) is 63.4. The number of aliphatic carboxylic acids is 1. The summed E-state index contributed by atoms with van der Waals surface area (Å²) in [5, 5.41) is 41.4. The van der Waals surface area contributed by atoms with Crippen molar-refractivity contribution in [1.29, 1.82) is 0 Å². The van der Waals surface area contributed by atoms with Gasteiger partial charge in [-0.1, -0.05) is 37.3 Å². The molecule has 0 saturated carbocycles. The third-order valence-electron chi connectivity index (χ3n) is 15.4. The highest BCUT2D eigenvalue weighted by molar-refractivity contribution is 6.13. The number of aryl methyl sites for hydroxylation is 1. The van der Waals surface area contributed by atoms with Crippen LogP contribution >= 0.6 is 0 Å². The molecule has 0 saturated heterocycles. The minimum Gasteiger partial charge on any atom is -0.481 e. The van der Waals surface area contributed by atoms with Gasteiger partial charge in [0.1, 0.15) is 24.5 Å².